The molecule has 1 heterocycles. The fourth-order valence-corrected chi connectivity index (χ4v) is 3.26. The molecule has 0 amide bonds. The van der Waals surface area contributed by atoms with Crippen LogP contribution in [0, 0.1) is 0 Å². The Morgan fingerprint density at radius 3 is 2.20 bits per heavy atom. The lowest BCUT2D eigenvalue weighted by molar-refractivity contribution is 0.596. The Balaban J connectivity index is 1.93. The number of hydrogen-bond acceptors (Lipinski definition) is 5. The Hall–Kier alpha value is -2.34. The number of benzene rings is 2. The van der Waals surface area contributed by atoms with Crippen molar-refractivity contribution in [1.29, 1.82) is 0 Å². The van der Waals surface area contributed by atoms with Gasteiger partial charge in [-0.1, -0.05) is 18.2 Å². The highest BCUT2D eigenvalue weighted by Gasteiger charge is 2.17. The first kappa shape index (κ1) is 12.7. The zero-order valence-corrected chi connectivity index (χ0v) is 11.4. The van der Waals surface area contributed by atoms with Gasteiger partial charge in [-0.05, 0) is 36.4 Å². The lowest BCUT2D eigenvalue weighted by atomic mass is 10.3. The van der Waals surface area contributed by atoms with Crippen LogP contribution in [0.15, 0.2) is 69.5 Å². The van der Waals surface area contributed by atoms with E-state index in [-0.39, 0.29) is 4.90 Å². The molecule has 102 valence electrons. The first-order valence-corrected chi connectivity index (χ1v) is 7.59. The van der Waals surface area contributed by atoms with E-state index in [9.17, 15) is 8.42 Å². The molecule has 2 aromatic carbocycles. The fraction of sp³-hybridized carbons (Fsp3) is 0.0714. The Morgan fingerprint density at radius 1 is 0.950 bits per heavy atom. The van der Waals surface area contributed by atoms with Crippen molar-refractivity contribution in [3.8, 4) is 0 Å². The molecule has 3 rings (SSSR count). The Morgan fingerprint density at radius 2 is 1.60 bits per heavy atom. The number of nitrogens with zero attached hydrogens (tertiary/aromatic N) is 2. The molecule has 1 aliphatic rings. The predicted molar refractivity (Wildman–Crippen MR) is 77.3 cm³/mol. The van der Waals surface area contributed by atoms with Crippen molar-refractivity contribution in [3.63, 3.8) is 0 Å². The minimum absolute atomic E-state index is 0.288. The van der Waals surface area contributed by atoms with Crippen LogP contribution in [0.1, 0.15) is 0 Å². The number of hydrogen-bond donors (Lipinski definition) is 1. The summed E-state index contributed by atoms with van der Waals surface area (Å²) >= 11 is 0. The zero-order valence-electron chi connectivity index (χ0n) is 10.6. The standard InChI is InChI=1S/C14H13N3O2S/c18-20(19,13-4-2-1-3-5-13)14-8-6-12(7-9-14)17-10-15-16-11-17/h1-10,16H,11H2. The third kappa shape index (κ3) is 2.25. The molecular weight excluding hydrogens is 274 g/mol. The molecule has 0 bridgehead atoms. The molecule has 6 heteroatoms. The number of rotatable bonds is 3. The molecular formula is C14H13N3O2S. The molecule has 20 heavy (non-hydrogen) atoms. The van der Waals surface area contributed by atoms with Crippen molar-refractivity contribution in [2.24, 2.45) is 5.10 Å². The minimum Gasteiger partial charge on any atom is -0.311 e. The van der Waals surface area contributed by atoms with Crippen LogP contribution in [0.2, 0.25) is 0 Å². The largest absolute Gasteiger partial charge is 0.311 e. The SMILES string of the molecule is O=S(=O)(c1ccccc1)c1ccc(N2C=NNC2)cc1. The van der Waals surface area contributed by atoms with Gasteiger partial charge in [0, 0.05) is 5.69 Å². The van der Waals surface area contributed by atoms with Crippen LogP contribution in [0.25, 0.3) is 0 Å². The van der Waals surface area contributed by atoms with E-state index in [4.69, 9.17) is 0 Å². The van der Waals surface area contributed by atoms with Crippen molar-refractivity contribution in [2.45, 2.75) is 9.79 Å². The van der Waals surface area contributed by atoms with E-state index in [0.29, 0.717) is 11.6 Å². The average molecular weight is 287 g/mol. The molecule has 5 nitrogen and oxygen atoms in total. The first-order chi connectivity index (χ1) is 9.68. The molecule has 0 fully saturated rings. The van der Waals surface area contributed by atoms with Gasteiger partial charge in [-0.25, -0.2) is 8.42 Å². The van der Waals surface area contributed by atoms with Crippen LogP contribution in [-0.4, -0.2) is 21.4 Å². The molecule has 2 aromatic rings. The number of hydrazone groups is 1. The molecule has 1 aliphatic heterocycles. The van der Waals surface area contributed by atoms with Crippen LogP contribution in [-0.2, 0) is 9.84 Å². The Labute approximate surface area is 117 Å². The van der Waals surface area contributed by atoms with Crippen LogP contribution >= 0.6 is 0 Å². The van der Waals surface area contributed by atoms with E-state index < -0.39 is 9.84 Å². The molecule has 0 aromatic heterocycles. The summed E-state index contributed by atoms with van der Waals surface area (Å²) in [5.74, 6) is 0. The molecule has 0 radical (unpaired) electrons. The van der Waals surface area contributed by atoms with E-state index in [1.165, 1.54) is 0 Å². The van der Waals surface area contributed by atoms with Crippen molar-refractivity contribution in [2.75, 3.05) is 11.6 Å². The third-order valence-electron chi connectivity index (χ3n) is 3.06. The second-order valence-corrected chi connectivity index (χ2v) is 6.29. The number of sulfone groups is 1. The highest BCUT2D eigenvalue weighted by Crippen LogP contribution is 2.23. The average Bonchev–Trinajstić information content (AvgIpc) is 3.02. The maximum atomic E-state index is 12.4. The summed E-state index contributed by atoms with van der Waals surface area (Å²) in [6, 6.07) is 15.2. The van der Waals surface area contributed by atoms with E-state index in [0.717, 1.165) is 5.69 Å². The summed E-state index contributed by atoms with van der Waals surface area (Å²) in [4.78, 5) is 2.48. The summed E-state index contributed by atoms with van der Waals surface area (Å²) in [5.41, 5.74) is 3.71. The van der Waals surface area contributed by atoms with Crippen molar-refractivity contribution >= 4 is 21.9 Å². The summed E-state index contributed by atoms with van der Waals surface area (Å²) in [7, 11) is -3.45. The number of anilines is 1. The van der Waals surface area contributed by atoms with Gasteiger partial charge in [-0.3, -0.25) is 5.43 Å². The maximum Gasteiger partial charge on any atom is 0.206 e. The smallest absolute Gasteiger partial charge is 0.206 e. The molecule has 0 saturated carbocycles. The second-order valence-electron chi connectivity index (χ2n) is 4.34. The second kappa shape index (κ2) is 4.97. The molecule has 1 N–H and O–H groups in total. The maximum absolute atomic E-state index is 12.4. The quantitative estimate of drug-likeness (QED) is 0.935. The summed E-state index contributed by atoms with van der Waals surface area (Å²) in [5, 5.41) is 3.89. The van der Waals surface area contributed by atoms with E-state index in [1.54, 1.807) is 60.9 Å². The Kier molecular flexibility index (Phi) is 3.15. The van der Waals surface area contributed by atoms with Gasteiger partial charge in [0.1, 0.15) is 13.0 Å². The summed E-state index contributed by atoms with van der Waals surface area (Å²) in [6.07, 6.45) is 1.67. The molecule has 0 spiro atoms. The van der Waals surface area contributed by atoms with Gasteiger partial charge < -0.3 is 4.90 Å². The van der Waals surface area contributed by atoms with Gasteiger partial charge in [0.15, 0.2) is 0 Å². The first-order valence-electron chi connectivity index (χ1n) is 6.11. The zero-order chi connectivity index (χ0) is 14.0. The van der Waals surface area contributed by atoms with Gasteiger partial charge in [-0.2, -0.15) is 5.10 Å². The van der Waals surface area contributed by atoms with Gasteiger partial charge in [-0.15, -0.1) is 0 Å². The third-order valence-corrected chi connectivity index (χ3v) is 4.85. The predicted octanol–water partition coefficient (Wildman–Crippen LogP) is 1.83. The topological polar surface area (TPSA) is 61.8 Å². The van der Waals surface area contributed by atoms with Crippen molar-refractivity contribution in [3.05, 3.63) is 54.6 Å². The lowest BCUT2D eigenvalue weighted by Crippen LogP contribution is -2.22. The van der Waals surface area contributed by atoms with Crippen LogP contribution in [0.5, 0.6) is 0 Å². The fourth-order valence-electron chi connectivity index (χ4n) is 1.98. The van der Waals surface area contributed by atoms with Crippen LogP contribution in [0.4, 0.5) is 5.69 Å². The molecule has 0 saturated heterocycles. The Bertz CT molecular complexity index is 725. The summed E-state index contributed by atoms with van der Waals surface area (Å²) < 4.78 is 24.8. The monoisotopic (exact) mass is 287 g/mol. The highest BCUT2D eigenvalue weighted by molar-refractivity contribution is 7.91. The normalized spacial score (nSPS) is 14.3. The van der Waals surface area contributed by atoms with E-state index >= 15 is 0 Å². The van der Waals surface area contributed by atoms with Crippen molar-refractivity contribution < 1.29 is 8.42 Å². The van der Waals surface area contributed by atoms with Gasteiger partial charge in [0.25, 0.3) is 0 Å². The van der Waals surface area contributed by atoms with Gasteiger partial charge in [0.2, 0.25) is 9.84 Å². The minimum atomic E-state index is -3.45. The van der Waals surface area contributed by atoms with E-state index in [2.05, 4.69) is 10.5 Å². The number of nitrogens with one attached hydrogen (secondary N) is 1. The van der Waals surface area contributed by atoms with Crippen LogP contribution in [0.3, 0.4) is 0 Å². The van der Waals surface area contributed by atoms with Crippen LogP contribution < -0.4 is 10.3 Å². The molecule has 0 unspecified atom stereocenters. The molecule has 0 aliphatic carbocycles. The lowest BCUT2D eigenvalue weighted by Gasteiger charge is -2.13. The highest BCUT2D eigenvalue weighted by atomic mass is 32.2. The van der Waals surface area contributed by atoms with Crippen molar-refractivity contribution in [1.82, 2.24) is 5.43 Å². The van der Waals surface area contributed by atoms with E-state index in [1.807, 2.05) is 4.90 Å². The van der Waals surface area contributed by atoms with Gasteiger partial charge in [0.05, 0.1) is 9.79 Å². The molecule has 0 atom stereocenters. The summed E-state index contributed by atoms with van der Waals surface area (Å²) in [6.45, 7) is 0.588. The van der Waals surface area contributed by atoms with Gasteiger partial charge >= 0.3 is 0 Å².